The van der Waals surface area contributed by atoms with Gasteiger partial charge in [0.15, 0.2) is 0 Å². The van der Waals surface area contributed by atoms with Gasteiger partial charge in [-0.1, -0.05) is 36.4 Å². The number of pyridine rings is 1. The summed E-state index contributed by atoms with van der Waals surface area (Å²) in [4.78, 5) is 16.6. The van der Waals surface area contributed by atoms with Gasteiger partial charge in [-0.3, -0.25) is 15.4 Å². The average molecular weight is 427 g/mol. The number of allylic oxidation sites excluding steroid dienone is 2. The number of nitrogens with zero attached hydrogens (tertiary/aromatic N) is 2. The summed E-state index contributed by atoms with van der Waals surface area (Å²) in [6, 6.07) is 16.0. The molecule has 7 nitrogen and oxygen atoms in total. The van der Waals surface area contributed by atoms with Gasteiger partial charge in [-0.25, -0.2) is 4.99 Å². The van der Waals surface area contributed by atoms with E-state index in [1.54, 1.807) is 6.07 Å². The molecule has 2 aliphatic rings. The average Bonchev–Trinajstić information content (AvgIpc) is 2.96. The molecule has 0 saturated heterocycles. The van der Waals surface area contributed by atoms with Gasteiger partial charge in [0, 0.05) is 24.5 Å². The first-order valence-electron chi connectivity index (χ1n) is 10.7. The summed E-state index contributed by atoms with van der Waals surface area (Å²) in [6.45, 7) is 2.78. The Kier molecular flexibility index (Phi) is 5.34. The highest BCUT2D eigenvalue weighted by atomic mass is 16.1. The SMILES string of the molecule is Cc1cc2c(C(N)=O)cccn2c1C1NC2=C(CC=CC=N2)C(NCc2ccccc2)N1. The van der Waals surface area contributed by atoms with E-state index < -0.39 is 5.91 Å². The van der Waals surface area contributed by atoms with E-state index in [0.29, 0.717) is 5.56 Å². The van der Waals surface area contributed by atoms with Crippen LogP contribution in [0.25, 0.3) is 5.52 Å². The summed E-state index contributed by atoms with van der Waals surface area (Å²) in [7, 11) is 0. The molecule has 0 bridgehead atoms. The Morgan fingerprint density at radius 3 is 2.91 bits per heavy atom. The van der Waals surface area contributed by atoms with E-state index in [9.17, 15) is 4.79 Å². The zero-order valence-electron chi connectivity index (χ0n) is 17.9. The number of carbonyl (C=O) groups is 1. The fraction of sp³-hybridized carbons (Fsp3) is 0.200. The molecule has 0 radical (unpaired) electrons. The van der Waals surface area contributed by atoms with Crippen LogP contribution in [0.5, 0.6) is 0 Å². The maximum absolute atomic E-state index is 11.9. The van der Waals surface area contributed by atoms with Gasteiger partial charge in [-0.05, 0) is 48.7 Å². The Balaban J connectivity index is 1.52. The Bertz CT molecular complexity index is 1250. The maximum atomic E-state index is 11.9. The molecule has 1 aromatic carbocycles. The quantitative estimate of drug-likeness (QED) is 0.504. The monoisotopic (exact) mass is 426 g/mol. The largest absolute Gasteiger partial charge is 0.366 e. The van der Waals surface area contributed by atoms with Crippen LogP contribution >= 0.6 is 0 Å². The fourth-order valence-corrected chi connectivity index (χ4v) is 4.45. The van der Waals surface area contributed by atoms with E-state index in [1.165, 1.54) is 11.1 Å². The summed E-state index contributed by atoms with van der Waals surface area (Å²) in [5.41, 5.74) is 11.4. The minimum atomic E-state index is -0.434. The molecular formula is C25H26N6O. The number of hydrogen-bond donors (Lipinski definition) is 4. The molecule has 7 heteroatoms. The first kappa shape index (κ1) is 20.2. The van der Waals surface area contributed by atoms with Crippen molar-refractivity contribution >= 4 is 17.6 Å². The molecule has 32 heavy (non-hydrogen) atoms. The number of aromatic nitrogens is 1. The highest BCUT2D eigenvalue weighted by Gasteiger charge is 2.31. The normalized spacial score (nSPS) is 20.2. The van der Waals surface area contributed by atoms with E-state index in [2.05, 4.69) is 39.2 Å². The number of benzene rings is 1. The number of fused-ring (bicyclic) bond motifs is 1. The molecule has 3 aromatic rings. The second-order valence-electron chi connectivity index (χ2n) is 8.08. The third-order valence-corrected chi connectivity index (χ3v) is 5.97. The predicted molar refractivity (Wildman–Crippen MR) is 126 cm³/mol. The molecule has 1 amide bonds. The highest BCUT2D eigenvalue weighted by molar-refractivity contribution is 6.00. The van der Waals surface area contributed by atoms with Crippen molar-refractivity contribution in [2.24, 2.45) is 10.7 Å². The zero-order valence-corrected chi connectivity index (χ0v) is 17.9. The van der Waals surface area contributed by atoms with Gasteiger partial charge >= 0.3 is 0 Å². The van der Waals surface area contributed by atoms with Crippen molar-refractivity contribution in [1.82, 2.24) is 20.4 Å². The van der Waals surface area contributed by atoms with Crippen molar-refractivity contribution in [2.45, 2.75) is 32.2 Å². The van der Waals surface area contributed by atoms with Crippen molar-refractivity contribution in [3.05, 3.63) is 101 Å². The lowest BCUT2D eigenvalue weighted by Crippen LogP contribution is -2.53. The lowest BCUT2D eigenvalue weighted by atomic mass is 10.0. The molecule has 4 heterocycles. The number of primary amides is 1. The first-order chi connectivity index (χ1) is 15.6. The third kappa shape index (κ3) is 3.72. The molecule has 0 fully saturated rings. The Morgan fingerprint density at radius 1 is 1.25 bits per heavy atom. The van der Waals surface area contributed by atoms with Crippen LogP contribution in [0.3, 0.4) is 0 Å². The van der Waals surface area contributed by atoms with Crippen molar-refractivity contribution in [2.75, 3.05) is 0 Å². The van der Waals surface area contributed by atoms with Gasteiger partial charge in [0.25, 0.3) is 5.91 Å². The van der Waals surface area contributed by atoms with Crippen LogP contribution < -0.4 is 21.7 Å². The van der Waals surface area contributed by atoms with Crippen molar-refractivity contribution in [1.29, 1.82) is 0 Å². The highest BCUT2D eigenvalue weighted by Crippen LogP contribution is 2.29. The topological polar surface area (TPSA) is 96.0 Å². The number of nitrogens with two attached hydrogens (primary N) is 1. The first-order valence-corrected chi connectivity index (χ1v) is 10.7. The number of rotatable bonds is 5. The van der Waals surface area contributed by atoms with Gasteiger partial charge < -0.3 is 15.5 Å². The van der Waals surface area contributed by atoms with E-state index in [1.807, 2.05) is 60.1 Å². The predicted octanol–water partition coefficient (Wildman–Crippen LogP) is 2.90. The number of carbonyl (C=O) groups excluding carboxylic acids is 1. The molecule has 0 saturated carbocycles. The van der Waals surface area contributed by atoms with Crippen molar-refractivity contribution in [3.63, 3.8) is 0 Å². The molecule has 2 atom stereocenters. The van der Waals surface area contributed by atoms with Gasteiger partial charge in [-0.15, -0.1) is 0 Å². The van der Waals surface area contributed by atoms with Crippen LogP contribution in [0.4, 0.5) is 0 Å². The molecule has 0 spiro atoms. The smallest absolute Gasteiger partial charge is 0.250 e. The standard InChI is InChI=1S/C25H26N6O/c1-16-14-20-18(22(26)32)11-7-13-31(20)21(16)25-29-23-19(10-5-6-12-27-23)24(30-25)28-15-17-8-3-2-4-9-17/h2-9,11-14,24-25,28-30H,10,15H2,1H3,(H2,26,32). The van der Waals surface area contributed by atoms with Crippen LogP contribution in [0.2, 0.25) is 0 Å². The van der Waals surface area contributed by atoms with Gasteiger partial charge in [0.05, 0.1) is 22.9 Å². The number of nitrogens with one attached hydrogen (secondary N) is 3. The third-order valence-electron chi connectivity index (χ3n) is 5.97. The molecule has 2 aromatic heterocycles. The summed E-state index contributed by atoms with van der Waals surface area (Å²) < 4.78 is 2.03. The molecule has 2 aliphatic heterocycles. The maximum Gasteiger partial charge on any atom is 0.250 e. The second-order valence-corrected chi connectivity index (χ2v) is 8.08. The molecular weight excluding hydrogens is 400 g/mol. The van der Waals surface area contributed by atoms with Crippen molar-refractivity contribution < 1.29 is 4.79 Å². The molecule has 162 valence electrons. The lowest BCUT2D eigenvalue weighted by Gasteiger charge is -2.36. The molecule has 5 rings (SSSR count). The minimum absolute atomic E-state index is 0.0689. The number of aliphatic imine (C=N–C) groups is 1. The van der Waals surface area contributed by atoms with Crippen LogP contribution in [-0.4, -0.2) is 22.7 Å². The number of hydrogen-bond acceptors (Lipinski definition) is 5. The van der Waals surface area contributed by atoms with Crippen LogP contribution in [0, 0.1) is 6.92 Å². The van der Waals surface area contributed by atoms with E-state index in [0.717, 1.165) is 35.6 Å². The van der Waals surface area contributed by atoms with Crippen LogP contribution in [0.1, 0.15) is 39.8 Å². The van der Waals surface area contributed by atoms with Gasteiger partial charge in [0.2, 0.25) is 0 Å². The second kappa shape index (κ2) is 8.45. The Hall–Kier alpha value is -3.68. The summed E-state index contributed by atoms with van der Waals surface area (Å²) in [5.74, 6) is 0.431. The summed E-state index contributed by atoms with van der Waals surface area (Å²) in [6.07, 6.45) is 8.39. The van der Waals surface area contributed by atoms with Gasteiger partial charge in [0.1, 0.15) is 12.0 Å². The number of amides is 1. The minimum Gasteiger partial charge on any atom is -0.366 e. The molecule has 0 aliphatic carbocycles. The Labute approximate surface area is 186 Å². The Morgan fingerprint density at radius 2 is 2.09 bits per heavy atom. The molecule has 2 unspecified atom stereocenters. The van der Waals surface area contributed by atoms with E-state index >= 15 is 0 Å². The summed E-state index contributed by atoms with van der Waals surface area (Å²) in [5, 5.41) is 10.9. The fourth-order valence-electron chi connectivity index (χ4n) is 4.45. The van der Waals surface area contributed by atoms with Gasteiger partial charge in [-0.2, -0.15) is 0 Å². The molecule has 5 N–H and O–H groups in total. The lowest BCUT2D eigenvalue weighted by molar-refractivity contribution is 0.100. The van der Waals surface area contributed by atoms with Crippen molar-refractivity contribution in [3.8, 4) is 0 Å². The number of aryl methyl sites for hydroxylation is 1. The van der Waals surface area contributed by atoms with Crippen LogP contribution in [0.15, 0.2) is 83.3 Å². The summed E-state index contributed by atoms with van der Waals surface area (Å²) >= 11 is 0. The van der Waals surface area contributed by atoms with Crippen LogP contribution in [-0.2, 0) is 6.54 Å². The zero-order chi connectivity index (χ0) is 22.1. The van der Waals surface area contributed by atoms with E-state index in [-0.39, 0.29) is 12.3 Å². The van der Waals surface area contributed by atoms with E-state index in [4.69, 9.17) is 5.73 Å².